The second kappa shape index (κ2) is 6.14. The number of carbonyl (C=O) groups excluding carboxylic acids is 1. The number of rotatable bonds is 4. The van der Waals surface area contributed by atoms with Gasteiger partial charge in [0.1, 0.15) is 11.5 Å². The van der Waals surface area contributed by atoms with Crippen molar-refractivity contribution < 1.29 is 9.18 Å². The van der Waals surface area contributed by atoms with Gasteiger partial charge in [-0.3, -0.25) is 4.79 Å². The average Bonchev–Trinajstić information content (AvgIpc) is 2.50. The molecule has 0 saturated heterocycles. The molecule has 1 heterocycles. The van der Waals surface area contributed by atoms with Crippen molar-refractivity contribution in [1.82, 2.24) is 4.98 Å². The van der Waals surface area contributed by atoms with E-state index in [1.54, 1.807) is 42.4 Å². The quantitative estimate of drug-likeness (QED) is 0.931. The minimum absolute atomic E-state index is 0.207. The third kappa shape index (κ3) is 2.93. The van der Waals surface area contributed by atoms with Crippen LogP contribution in [-0.4, -0.2) is 24.5 Å². The number of carbonyl (C=O) groups is 1. The third-order valence-corrected chi connectivity index (χ3v) is 2.97. The number of amides is 1. The summed E-state index contributed by atoms with van der Waals surface area (Å²) >= 11 is 0. The van der Waals surface area contributed by atoms with Crippen LogP contribution in [0.2, 0.25) is 0 Å². The summed E-state index contributed by atoms with van der Waals surface area (Å²) in [6, 6.07) is 9.29. The molecule has 0 saturated carbocycles. The Kier molecular flexibility index (Phi) is 4.30. The second-order valence-electron chi connectivity index (χ2n) is 4.21. The van der Waals surface area contributed by atoms with Crippen LogP contribution in [0.5, 0.6) is 0 Å². The van der Waals surface area contributed by atoms with E-state index in [0.717, 1.165) is 5.69 Å². The lowest BCUT2D eigenvalue weighted by Crippen LogP contribution is -2.31. The minimum atomic E-state index is -0.325. The Morgan fingerprint density at radius 2 is 1.95 bits per heavy atom. The molecule has 1 amide bonds. The summed E-state index contributed by atoms with van der Waals surface area (Å²) in [7, 11) is 1.79. The SMILES string of the molecule is CCN(C(=O)c1ccc(NC)cn1)c1ccc(F)cc1. The van der Waals surface area contributed by atoms with Crippen LogP contribution in [0.1, 0.15) is 17.4 Å². The third-order valence-electron chi connectivity index (χ3n) is 2.97. The standard InChI is InChI=1S/C15H16FN3O/c1-3-19(13-7-4-11(16)5-8-13)15(20)14-9-6-12(17-2)10-18-14/h4-10,17H,3H2,1-2H3. The van der Waals surface area contributed by atoms with Crippen LogP contribution < -0.4 is 10.2 Å². The van der Waals surface area contributed by atoms with Crippen LogP contribution in [0.25, 0.3) is 0 Å². The van der Waals surface area contributed by atoms with Gasteiger partial charge in [0.05, 0.1) is 11.9 Å². The first kappa shape index (κ1) is 14.0. The fourth-order valence-electron chi connectivity index (χ4n) is 1.87. The molecule has 0 aliphatic carbocycles. The minimum Gasteiger partial charge on any atom is -0.387 e. The zero-order chi connectivity index (χ0) is 14.5. The number of pyridine rings is 1. The zero-order valence-corrected chi connectivity index (χ0v) is 11.4. The molecule has 0 aliphatic heterocycles. The van der Waals surface area contributed by atoms with Gasteiger partial charge < -0.3 is 10.2 Å². The molecule has 20 heavy (non-hydrogen) atoms. The van der Waals surface area contributed by atoms with Gasteiger partial charge in [0.15, 0.2) is 0 Å². The van der Waals surface area contributed by atoms with E-state index in [9.17, 15) is 9.18 Å². The predicted molar refractivity (Wildman–Crippen MR) is 77.5 cm³/mol. The molecule has 0 radical (unpaired) electrons. The number of anilines is 2. The molecule has 0 fully saturated rings. The number of benzene rings is 1. The van der Waals surface area contributed by atoms with Gasteiger partial charge in [0.25, 0.3) is 5.91 Å². The summed E-state index contributed by atoms with van der Waals surface area (Å²) in [5.74, 6) is -0.532. The van der Waals surface area contributed by atoms with Crippen molar-refractivity contribution in [3.8, 4) is 0 Å². The van der Waals surface area contributed by atoms with E-state index < -0.39 is 0 Å². The van der Waals surface area contributed by atoms with Gasteiger partial charge in [-0.15, -0.1) is 0 Å². The van der Waals surface area contributed by atoms with Crippen LogP contribution in [0.3, 0.4) is 0 Å². The van der Waals surface area contributed by atoms with Crippen LogP contribution in [-0.2, 0) is 0 Å². The van der Waals surface area contributed by atoms with Crippen molar-refractivity contribution >= 4 is 17.3 Å². The molecule has 0 spiro atoms. The summed E-state index contributed by atoms with van der Waals surface area (Å²) < 4.78 is 12.9. The van der Waals surface area contributed by atoms with E-state index in [1.807, 2.05) is 6.92 Å². The van der Waals surface area contributed by atoms with Gasteiger partial charge in [-0.2, -0.15) is 0 Å². The first-order valence-corrected chi connectivity index (χ1v) is 6.37. The number of hydrogen-bond acceptors (Lipinski definition) is 3. The Morgan fingerprint density at radius 1 is 1.25 bits per heavy atom. The van der Waals surface area contributed by atoms with E-state index in [1.165, 1.54) is 12.1 Å². The highest BCUT2D eigenvalue weighted by Gasteiger charge is 2.17. The van der Waals surface area contributed by atoms with Gasteiger partial charge in [-0.05, 0) is 43.3 Å². The molecule has 1 aromatic heterocycles. The maximum atomic E-state index is 12.9. The van der Waals surface area contributed by atoms with Gasteiger partial charge in [0.2, 0.25) is 0 Å². The summed E-state index contributed by atoms with van der Waals surface area (Å²) in [5, 5.41) is 2.95. The van der Waals surface area contributed by atoms with E-state index in [0.29, 0.717) is 17.9 Å². The molecule has 2 rings (SSSR count). The Bertz CT molecular complexity index is 581. The molecule has 1 aromatic carbocycles. The lowest BCUT2D eigenvalue weighted by atomic mass is 10.2. The smallest absolute Gasteiger partial charge is 0.276 e. The highest BCUT2D eigenvalue weighted by Crippen LogP contribution is 2.17. The number of aromatic nitrogens is 1. The van der Waals surface area contributed by atoms with Crippen molar-refractivity contribution in [1.29, 1.82) is 0 Å². The van der Waals surface area contributed by atoms with Crippen molar-refractivity contribution in [3.63, 3.8) is 0 Å². The first-order valence-electron chi connectivity index (χ1n) is 6.37. The normalized spacial score (nSPS) is 10.2. The second-order valence-corrected chi connectivity index (χ2v) is 4.21. The van der Waals surface area contributed by atoms with E-state index >= 15 is 0 Å². The number of halogens is 1. The first-order chi connectivity index (χ1) is 9.65. The molecule has 2 aromatic rings. The maximum Gasteiger partial charge on any atom is 0.276 e. The molecule has 0 aliphatic rings. The number of nitrogens with zero attached hydrogens (tertiary/aromatic N) is 2. The Balaban J connectivity index is 2.26. The van der Waals surface area contributed by atoms with Crippen LogP contribution in [0.4, 0.5) is 15.8 Å². The van der Waals surface area contributed by atoms with Crippen molar-refractivity contribution in [2.75, 3.05) is 23.8 Å². The van der Waals surface area contributed by atoms with Gasteiger partial charge in [-0.25, -0.2) is 9.37 Å². The predicted octanol–water partition coefficient (Wildman–Crippen LogP) is 2.93. The topological polar surface area (TPSA) is 45.2 Å². The fourth-order valence-corrected chi connectivity index (χ4v) is 1.87. The summed E-state index contributed by atoms with van der Waals surface area (Å²) in [5.41, 5.74) is 1.85. The van der Waals surface area contributed by atoms with E-state index in [-0.39, 0.29) is 11.7 Å². The van der Waals surface area contributed by atoms with Crippen LogP contribution in [0.15, 0.2) is 42.6 Å². The lowest BCUT2D eigenvalue weighted by Gasteiger charge is -2.20. The maximum absolute atomic E-state index is 12.9. The fraction of sp³-hybridized carbons (Fsp3) is 0.200. The molecular formula is C15H16FN3O. The molecule has 4 nitrogen and oxygen atoms in total. The molecule has 0 unspecified atom stereocenters. The lowest BCUT2D eigenvalue weighted by molar-refractivity contribution is 0.0983. The summed E-state index contributed by atoms with van der Waals surface area (Å²) in [4.78, 5) is 18.1. The van der Waals surface area contributed by atoms with Gasteiger partial charge >= 0.3 is 0 Å². The Labute approximate surface area is 117 Å². The highest BCUT2D eigenvalue weighted by molar-refractivity contribution is 6.04. The monoisotopic (exact) mass is 273 g/mol. The van der Waals surface area contributed by atoms with Crippen molar-refractivity contribution in [2.24, 2.45) is 0 Å². The Hall–Kier alpha value is -2.43. The number of nitrogens with one attached hydrogen (secondary N) is 1. The average molecular weight is 273 g/mol. The number of hydrogen-bond donors (Lipinski definition) is 1. The largest absolute Gasteiger partial charge is 0.387 e. The molecule has 0 bridgehead atoms. The molecular weight excluding hydrogens is 257 g/mol. The van der Waals surface area contributed by atoms with Crippen molar-refractivity contribution in [3.05, 3.63) is 54.1 Å². The highest BCUT2D eigenvalue weighted by atomic mass is 19.1. The van der Waals surface area contributed by atoms with E-state index in [2.05, 4.69) is 10.3 Å². The molecule has 104 valence electrons. The van der Waals surface area contributed by atoms with E-state index in [4.69, 9.17) is 0 Å². The van der Waals surface area contributed by atoms with Gasteiger partial charge in [-0.1, -0.05) is 0 Å². The molecule has 5 heteroatoms. The summed E-state index contributed by atoms with van der Waals surface area (Å²) in [6.45, 7) is 2.35. The summed E-state index contributed by atoms with van der Waals surface area (Å²) in [6.07, 6.45) is 1.60. The zero-order valence-electron chi connectivity index (χ0n) is 11.4. The van der Waals surface area contributed by atoms with Crippen LogP contribution >= 0.6 is 0 Å². The molecule has 0 atom stereocenters. The molecule has 1 N–H and O–H groups in total. The van der Waals surface area contributed by atoms with Crippen LogP contribution in [0, 0.1) is 5.82 Å². The Morgan fingerprint density at radius 3 is 2.45 bits per heavy atom. The van der Waals surface area contributed by atoms with Crippen molar-refractivity contribution in [2.45, 2.75) is 6.92 Å². The van der Waals surface area contributed by atoms with Gasteiger partial charge in [0, 0.05) is 19.3 Å².